The molecule has 1 saturated heterocycles. The molecule has 3 heteroatoms. The Kier molecular flexibility index (Phi) is 4.08. The van der Waals surface area contributed by atoms with Gasteiger partial charge in [-0.3, -0.25) is 4.79 Å². The number of carbonyl (C=O) groups is 1. The highest BCUT2D eigenvalue weighted by Crippen LogP contribution is 2.43. The molecule has 3 nitrogen and oxygen atoms in total. The predicted octanol–water partition coefficient (Wildman–Crippen LogP) is 1.93. The van der Waals surface area contributed by atoms with Crippen LogP contribution in [0.1, 0.15) is 46.0 Å². The fourth-order valence-corrected chi connectivity index (χ4v) is 3.27. The second-order valence-electron chi connectivity index (χ2n) is 6.32. The fourth-order valence-electron chi connectivity index (χ4n) is 3.27. The number of nitrogens with one attached hydrogen (secondary N) is 2. The van der Waals surface area contributed by atoms with Crippen LogP contribution >= 0.6 is 0 Å². The smallest absolute Gasteiger partial charge is 0.226 e. The summed E-state index contributed by atoms with van der Waals surface area (Å²) in [5, 5.41) is 6.44. The Balaban J connectivity index is 1.87. The first-order valence-electron chi connectivity index (χ1n) is 7.11. The SMILES string of the molecule is CC(C)CC1(C(=O)NCC2CNC2)CCCC1. The maximum atomic E-state index is 12.4. The summed E-state index contributed by atoms with van der Waals surface area (Å²) >= 11 is 0. The van der Waals surface area contributed by atoms with Crippen molar-refractivity contribution >= 4 is 5.91 Å². The molecule has 0 unspecified atom stereocenters. The molecular formula is C14H26N2O. The van der Waals surface area contributed by atoms with E-state index in [-0.39, 0.29) is 5.41 Å². The van der Waals surface area contributed by atoms with Crippen LogP contribution in [0.15, 0.2) is 0 Å². The highest BCUT2D eigenvalue weighted by Gasteiger charge is 2.41. The topological polar surface area (TPSA) is 41.1 Å². The summed E-state index contributed by atoms with van der Waals surface area (Å²) in [5.74, 6) is 1.61. The minimum atomic E-state index is -0.0364. The van der Waals surface area contributed by atoms with Crippen LogP contribution in [0.25, 0.3) is 0 Å². The summed E-state index contributed by atoms with van der Waals surface area (Å²) in [4.78, 5) is 12.4. The lowest BCUT2D eigenvalue weighted by atomic mass is 9.77. The van der Waals surface area contributed by atoms with Crippen LogP contribution in [0.3, 0.4) is 0 Å². The van der Waals surface area contributed by atoms with E-state index in [0.29, 0.717) is 17.7 Å². The van der Waals surface area contributed by atoms with Crippen molar-refractivity contribution in [1.29, 1.82) is 0 Å². The molecular weight excluding hydrogens is 212 g/mol. The highest BCUT2D eigenvalue weighted by molar-refractivity contribution is 5.82. The molecule has 0 bridgehead atoms. The summed E-state index contributed by atoms with van der Waals surface area (Å²) < 4.78 is 0. The number of rotatable bonds is 5. The van der Waals surface area contributed by atoms with Crippen molar-refractivity contribution in [3.63, 3.8) is 0 Å². The highest BCUT2D eigenvalue weighted by atomic mass is 16.2. The Morgan fingerprint density at radius 2 is 2.00 bits per heavy atom. The van der Waals surface area contributed by atoms with E-state index in [1.54, 1.807) is 0 Å². The number of hydrogen-bond acceptors (Lipinski definition) is 2. The van der Waals surface area contributed by atoms with E-state index in [0.717, 1.165) is 38.9 Å². The average molecular weight is 238 g/mol. The third-order valence-corrected chi connectivity index (χ3v) is 4.26. The summed E-state index contributed by atoms with van der Waals surface area (Å²) in [6, 6.07) is 0. The molecule has 2 rings (SSSR count). The molecule has 1 aliphatic heterocycles. The largest absolute Gasteiger partial charge is 0.355 e. The third-order valence-electron chi connectivity index (χ3n) is 4.26. The Bertz CT molecular complexity index is 265. The van der Waals surface area contributed by atoms with Crippen molar-refractivity contribution in [2.24, 2.45) is 17.3 Å². The molecule has 0 spiro atoms. The van der Waals surface area contributed by atoms with Crippen LogP contribution in [0.5, 0.6) is 0 Å². The van der Waals surface area contributed by atoms with Gasteiger partial charge < -0.3 is 10.6 Å². The Morgan fingerprint density at radius 3 is 2.47 bits per heavy atom. The van der Waals surface area contributed by atoms with Gasteiger partial charge >= 0.3 is 0 Å². The Labute approximate surface area is 105 Å². The van der Waals surface area contributed by atoms with Gasteiger partial charge in [0.1, 0.15) is 0 Å². The molecule has 1 amide bonds. The number of hydrogen-bond donors (Lipinski definition) is 2. The standard InChI is InChI=1S/C14H26N2O/c1-11(2)7-14(5-3-4-6-14)13(17)16-10-12-8-15-9-12/h11-12,15H,3-10H2,1-2H3,(H,16,17). The average Bonchev–Trinajstić information content (AvgIpc) is 2.64. The van der Waals surface area contributed by atoms with Gasteiger partial charge in [0.25, 0.3) is 0 Å². The molecule has 1 heterocycles. The van der Waals surface area contributed by atoms with Crippen molar-refractivity contribution in [1.82, 2.24) is 10.6 Å². The van der Waals surface area contributed by atoms with Crippen molar-refractivity contribution in [3.05, 3.63) is 0 Å². The van der Waals surface area contributed by atoms with Crippen LogP contribution in [0.4, 0.5) is 0 Å². The normalized spacial score (nSPS) is 23.7. The molecule has 0 aromatic carbocycles. The Hall–Kier alpha value is -0.570. The van der Waals surface area contributed by atoms with Gasteiger partial charge in [-0.25, -0.2) is 0 Å². The molecule has 2 N–H and O–H groups in total. The quantitative estimate of drug-likeness (QED) is 0.768. The second kappa shape index (κ2) is 5.38. The number of carbonyl (C=O) groups excluding carboxylic acids is 1. The van der Waals surface area contributed by atoms with Gasteiger partial charge in [0.15, 0.2) is 0 Å². The van der Waals surface area contributed by atoms with Gasteiger partial charge in [0.2, 0.25) is 5.91 Å². The van der Waals surface area contributed by atoms with E-state index < -0.39 is 0 Å². The molecule has 0 aromatic heterocycles. The predicted molar refractivity (Wildman–Crippen MR) is 69.7 cm³/mol. The lowest BCUT2D eigenvalue weighted by molar-refractivity contribution is -0.132. The van der Waals surface area contributed by atoms with Crippen LogP contribution in [0, 0.1) is 17.3 Å². The van der Waals surface area contributed by atoms with E-state index in [1.807, 2.05) is 0 Å². The molecule has 0 aromatic rings. The molecule has 2 fully saturated rings. The van der Waals surface area contributed by atoms with Gasteiger partial charge in [-0.15, -0.1) is 0 Å². The van der Waals surface area contributed by atoms with E-state index in [9.17, 15) is 4.79 Å². The molecule has 17 heavy (non-hydrogen) atoms. The first kappa shape index (κ1) is 12.9. The zero-order valence-electron chi connectivity index (χ0n) is 11.2. The maximum absolute atomic E-state index is 12.4. The van der Waals surface area contributed by atoms with Crippen LogP contribution in [-0.4, -0.2) is 25.5 Å². The van der Waals surface area contributed by atoms with Gasteiger partial charge in [0.05, 0.1) is 0 Å². The van der Waals surface area contributed by atoms with E-state index >= 15 is 0 Å². The monoisotopic (exact) mass is 238 g/mol. The summed E-state index contributed by atoms with van der Waals surface area (Å²) in [6.45, 7) is 7.45. The fraction of sp³-hybridized carbons (Fsp3) is 0.929. The van der Waals surface area contributed by atoms with E-state index in [4.69, 9.17) is 0 Å². The van der Waals surface area contributed by atoms with Crippen LogP contribution in [0.2, 0.25) is 0 Å². The first-order valence-corrected chi connectivity index (χ1v) is 7.11. The zero-order chi connectivity index (χ0) is 12.3. The van der Waals surface area contributed by atoms with Gasteiger partial charge in [-0.05, 0) is 25.2 Å². The molecule has 98 valence electrons. The minimum absolute atomic E-state index is 0.0364. The lowest BCUT2D eigenvalue weighted by Crippen LogP contribution is -2.50. The minimum Gasteiger partial charge on any atom is -0.355 e. The van der Waals surface area contributed by atoms with Gasteiger partial charge in [-0.1, -0.05) is 26.7 Å². The summed E-state index contributed by atoms with van der Waals surface area (Å²) in [6.07, 6.45) is 5.71. The van der Waals surface area contributed by atoms with Gasteiger partial charge in [-0.2, -0.15) is 0 Å². The molecule has 0 atom stereocenters. The van der Waals surface area contributed by atoms with E-state index in [2.05, 4.69) is 24.5 Å². The summed E-state index contributed by atoms with van der Waals surface area (Å²) in [5.41, 5.74) is -0.0364. The van der Waals surface area contributed by atoms with Gasteiger partial charge in [0, 0.05) is 31.0 Å². The number of amides is 1. The Morgan fingerprint density at radius 1 is 1.35 bits per heavy atom. The molecule has 2 aliphatic rings. The first-order chi connectivity index (χ1) is 8.12. The summed E-state index contributed by atoms with van der Waals surface area (Å²) in [7, 11) is 0. The zero-order valence-corrected chi connectivity index (χ0v) is 11.2. The van der Waals surface area contributed by atoms with Crippen LogP contribution < -0.4 is 10.6 Å². The molecule has 0 radical (unpaired) electrons. The maximum Gasteiger partial charge on any atom is 0.226 e. The lowest BCUT2D eigenvalue weighted by Gasteiger charge is -2.32. The molecule has 1 saturated carbocycles. The third kappa shape index (κ3) is 3.01. The van der Waals surface area contributed by atoms with Crippen molar-refractivity contribution < 1.29 is 4.79 Å². The second-order valence-corrected chi connectivity index (χ2v) is 6.32. The van der Waals surface area contributed by atoms with E-state index in [1.165, 1.54) is 12.8 Å². The van der Waals surface area contributed by atoms with Crippen LogP contribution in [-0.2, 0) is 4.79 Å². The van der Waals surface area contributed by atoms with Crippen molar-refractivity contribution in [2.45, 2.75) is 46.0 Å². The van der Waals surface area contributed by atoms with Crippen molar-refractivity contribution in [2.75, 3.05) is 19.6 Å². The van der Waals surface area contributed by atoms with Crippen molar-refractivity contribution in [3.8, 4) is 0 Å². The molecule has 1 aliphatic carbocycles.